The highest BCUT2D eigenvalue weighted by Gasteiger charge is 2.33. The van der Waals surface area contributed by atoms with Crippen LogP contribution >= 0.6 is 24.0 Å². The molecule has 1 aromatic rings. The maximum atomic E-state index is 5.35. The zero-order valence-electron chi connectivity index (χ0n) is 13.1. The lowest BCUT2D eigenvalue weighted by Gasteiger charge is -2.11. The minimum absolute atomic E-state index is 0. The largest absolute Gasteiger partial charge is 0.481 e. The van der Waals surface area contributed by atoms with Crippen LogP contribution in [0.25, 0.3) is 0 Å². The molecule has 0 spiro atoms. The van der Waals surface area contributed by atoms with Gasteiger partial charge in [-0.25, -0.2) is 0 Å². The van der Waals surface area contributed by atoms with Crippen molar-refractivity contribution in [3.05, 3.63) is 29.8 Å². The summed E-state index contributed by atoms with van der Waals surface area (Å²) < 4.78 is 5.35. The molecule has 0 bridgehead atoms. The topological polar surface area (TPSA) is 45.6 Å². The van der Waals surface area contributed by atoms with Crippen molar-refractivity contribution in [1.82, 2.24) is 10.6 Å². The monoisotopic (exact) mass is 413 g/mol. The number of terminal acetylenes is 1. The molecule has 2 atom stereocenters. The minimum Gasteiger partial charge on any atom is -0.481 e. The van der Waals surface area contributed by atoms with E-state index in [-0.39, 0.29) is 24.0 Å². The number of halogens is 1. The van der Waals surface area contributed by atoms with E-state index in [1.165, 1.54) is 12.0 Å². The third-order valence-corrected chi connectivity index (χ3v) is 3.61. The van der Waals surface area contributed by atoms with Gasteiger partial charge in [0.25, 0.3) is 0 Å². The van der Waals surface area contributed by atoms with E-state index in [4.69, 9.17) is 11.2 Å². The van der Waals surface area contributed by atoms with E-state index in [2.05, 4.69) is 40.6 Å². The number of ether oxygens (including phenoxy) is 1. The van der Waals surface area contributed by atoms with Crippen molar-refractivity contribution in [2.45, 2.75) is 25.8 Å². The molecular weight excluding hydrogens is 389 g/mol. The Bertz CT molecular complexity index is 522. The molecule has 4 nitrogen and oxygen atoms in total. The Morgan fingerprint density at radius 1 is 1.41 bits per heavy atom. The van der Waals surface area contributed by atoms with Gasteiger partial charge in [-0.15, -0.1) is 30.4 Å². The number of hydrogen-bond donors (Lipinski definition) is 2. The van der Waals surface area contributed by atoms with E-state index >= 15 is 0 Å². The molecule has 2 rings (SSSR count). The number of guanidine groups is 1. The Labute approximate surface area is 150 Å². The van der Waals surface area contributed by atoms with Gasteiger partial charge in [0.05, 0.1) is 0 Å². The highest BCUT2D eigenvalue weighted by Crippen LogP contribution is 2.28. The molecule has 0 amide bonds. The van der Waals surface area contributed by atoms with Crippen LogP contribution in [0.5, 0.6) is 5.75 Å². The van der Waals surface area contributed by atoms with Crippen molar-refractivity contribution in [3.63, 3.8) is 0 Å². The first-order valence-electron chi connectivity index (χ1n) is 7.35. The van der Waals surface area contributed by atoms with Crippen LogP contribution in [-0.2, 0) is 6.42 Å². The zero-order chi connectivity index (χ0) is 15.1. The van der Waals surface area contributed by atoms with E-state index in [9.17, 15) is 0 Å². The fourth-order valence-electron chi connectivity index (χ4n) is 2.10. The molecule has 120 valence electrons. The second-order valence-electron chi connectivity index (χ2n) is 5.35. The van der Waals surface area contributed by atoms with Gasteiger partial charge in [0.1, 0.15) is 12.4 Å². The second kappa shape index (κ2) is 9.57. The summed E-state index contributed by atoms with van der Waals surface area (Å²) in [6, 6.07) is 8.61. The summed E-state index contributed by atoms with van der Waals surface area (Å²) in [4.78, 5) is 4.24. The van der Waals surface area contributed by atoms with Crippen LogP contribution in [-0.4, -0.2) is 32.2 Å². The van der Waals surface area contributed by atoms with Crippen LogP contribution in [0.3, 0.4) is 0 Å². The van der Waals surface area contributed by atoms with Gasteiger partial charge < -0.3 is 15.4 Å². The number of aliphatic imine (C=N–C) groups is 1. The summed E-state index contributed by atoms with van der Waals surface area (Å²) in [5, 5.41) is 6.75. The second-order valence-corrected chi connectivity index (χ2v) is 5.35. The molecule has 22 heavy (non-hydrogen) atoms. The first-order chi connectivity index (χ1) is 10.2. The third-order valence-electron chi connectivity index (χ3n) is 3.61. The van der Waals surface area contributed by atoms with Crippen molar-refractivity contribution in [2.75, 3.05) is 20.2 Å². The van der Waals surface area contributed by atoms with Gasteiger partial charge in [-0.2, -0.15) is 0 Å². The first-order valence-corrected chi connectivity index (χ1v) is 7.35. The summed E-state index contributed by atoms with van der Waals surface area (Å²) >= 11 is 0. The van der Waals surface area contributed by atoms with Crippen LogP contribution in [0.2, 0.25) is 0 Å². The predicted molar refractivity (Wildman–Crippen MR) is 102 cm³/mol. The molecule has 0 radical (unpaired) electrons. The SMILES string of the molecule is C#CCOc1ccc(CCNC(=NC)NC2CC2C)cc1.I. The summed E-state index contributed by atoms with van der Waals surface area (Å²) in [6.45, 7) is 3.41. The van der Waals surface area contributed by atoms with E-state index < -0.39 is 0 Å². The van der Waals surface area contributed by atoms with Crippen LogP contribution in [0.1, 0.15) is 18.9 Å². The van der Waals surface area contributed by atoms with Crippen LogP contribution in [0.4, 0.5) is 0 Å². The molecule has 1 aromatic carbocycles. The van der Waals surface area contributed by atoms with Crippen molar-refractivity contribution in [1.29, 1.82) is 0 Å². The fraction of sp³-hybridized carbons (Fsp3) is 0.471. The average Bonchev–Trinajstić information content (AvgIpc) is 3.20. The molecule has 0 aromatic heterocycles. The van der Waals surface area contributed by atoms with Crippen molar-refractivity contribution in [2.24, 2.45) is 10.9 Å². The Balaban J connectivity index is 0.00000242. The Morgan fingerprint density at radius 2 is 2.09 bits per heavy atom. The number of hydrogen-bond acceptors (Lipinski definition) is 2. The lowest BCUT2D eigenvalue weighted by molar-refractivity contribution is 0.370. The molecule has 0 heterocycles. The quantitative estimate of drug-likeness (QED) is 0.326. The number of nitrogens with zero attached hydrogens (tertiary/aromatic N) is 1. The Morgan fingerprint density at radius 3 is 2.64 bits per heavy atom. The lowest BCUT2D eigenvalue weighted by Crippen LogP contribution is -2.39. The Hall–Kier alpha value is -1.42. The summed E-state index contributed by atoms with van der Waals surface area (Å²) in [5.41, 5.74) is 1.26. The molecule has 1 aliphatic rings. The van der Waals surface area contributed by atoms with Crippen molar-refractivity contribution >= 4 is 29.9 Å². The highest BCUT2D eigenvalue weighted by molar-refractivity contribution is 14.0. The van der Waals surface area contributed by atoms with Gasteiger partial charge >= 0.3 is 0 Å². The number of rotatable bonds is 6. The van der Waals surface area contributed by atoms with Gasteiger partial charge in [-0.3, -0.25) is 4.99 Å². The van der Waals surface area contributed by atoms with E-state index in [0.29, 0.717) is 12.6 Å². The van der Waals surface area contributed by atoms with E-state index in [1.54, 1.807) is 7.05 Å². The van der Waals surface area contributed by atoms with Crippen LogP contribution < -0.4 is 15.4 Å². The Kier molecular flexibility index (Phi) is 8.10. The van der Waals surface area contributed by atoms with Gasteiger partial charge in [0.15, 0.2) is 5.96 Å². The fourth-order valence-corrected chi connectivity index (χ4v) is 2.10. The van der Waals surface area contributed by atoms with Crippen molar-refractivity contribution < 1.29 is 4.74 Å². The van der Waals surface area contributed by atoms with Crippen LogP contribution in [0, 0.1) is 18.3 Å². The summed E-state index contributed by atoms with van der Waals surface area (Å²) in [7, 11) is 1.81. The van der Waals surface area contributed by atoms with E-state index in [1.807, 2.05) is 12.1 Å². The molecule has 0 aliphatic heterocycles. The number of nitrogens with one attached hydrogen (secondary N) is 2. The lowest BCUT2D eigenvalue weighted by atomic mass is 10.1. The predicted octanol–water partition coefficient (Wildman–Crippen LogP) is 2.43. The van der Waals surface area contributed by atoms with Crippen molar-refractivity contribution in [3.8, 4) is 18.1 Å². The minimum atomic E-state index is 0. The first kappa shape index (κ1) is 18.6. The van der Waals surface area contributed by atoms with Gasteiger partial charge in [-0.1, -0.05) is 25.0 Å². The molecule has 5 heteroatoms. The molecule has 0 saturated heterocycles. The molecule has 2 N–H and O–H groups in total. The maximum absolute atomic E-state index is 5.35. The highest BCUT2D eigenvalue weighted by atomic mass is 127. The summed E-state index contributed by atoms with van der Waals surface area (Å²) in [5.74, 6) is 4.92. The zero-order valence-corrected chi connectivity index (χ0v) is 15.5. The average molecular weight is 413 g/mol. The standard InChI is InChI=1S/C17H23N3O.HI/c1-4-11-21-15-7-5-14(6-8-15)9-10-19-17(18-3)20-16-12-13(16)2;/h1,5-8,13,16H,9-12H2,2-3H3,(H2,18,19,20);1H. The maximum Gasteiger partial charge on any atom is 0.191 e. The van der Waals surface area contributed by atoms with Crippen LogP contribution in [0.15, 0.2) is 29.3 Å². The van der Waals surface area contributed by atoms with Gasteiger partial charge in [-0.05, 0) is 36.5 Å². The van der Waals surface area contributed by atoms with Gasteiger partial charge in [0, 0.05) is 19.6 Å². The summed E-state index contributed by atoms with van der Waals surface area (Å²) in [6.07, 6.45) is 7.34. The molecule has 2 unspecified atom stereocenters. The van der Waals surface area contributed by atoms with E-state index in [0.717, 1.165) is 30.6 Å². The molecule has 1 saturated carbocycles. The molecular formula is C17H24IN3O. The molecule has 1 fully saturated rings. The smallest absolute Gasteiger partial charge is 0.191 e. The third kappa shape index (κ3) is 6.14. The van der Waals surface area contributed by atoms with Gasteiger partial charge in [0.2, 0.25) is 0 Å². The normalized spacial score (nSPS) is 19.6. The number of benzene rings is 1. The molecule has 1 aliphatic carbocycles.